The molecule has 0 radical (unpaired) electrons. The van der Waals surface area contributed by atoms with Crippen LogP contribution < -0.4 is 5.32 Å². The molecule has 0 unspecified atom stereocenters. The van der Waals surface area contributed by atoms with Crippen LogP contribution in [0.1, 0.15) is 24.0 Å². The zero-order valence-corrected chi connectivity index (χ0v) is 12.1. The molecule has 0 aromatic heterocycles. The van der Waals surface area contributed by atoms with Crippen molar-refractivity contribution in [2.75, 3.05) is 7.05 Å². The monoisotopic (exact) mass is 271 g/mol. The lowest BCUT2D eigenvalue weighted by Crippen LogP contribution is -2.24. The van der Waals surface area contributed by atoms with E-state index in [1.807, 2.05) is 14.0 Å². The molecule has 98 valence electrons. The Morgan fingerprint density at radius 1 is 1.05 bits per heavy atom. The number of hydrogen-bond acceptors (Lipinski definition) is 1. The molecule has 1 aliphatic rings. The van der Waals surface area contributed by atoms with Crippen molar-refractivity contribution in [3.05, 3.63) is 58.6 Å². The van der Waals surface area contributed by atoms with Crippen LogP contribution in [-0.4, -0.2) is 7.05 Å². The van der Waals surface area contributed by atoms with Gasteiger partial charge in [0.1, 0.15) is 0 Å². The predicted molar refractivity (Wildman–Crippen MR) is 81.6 cm³/mol. The summed E-state index contributed by atoms with van der Waals surface area (Å²) in [7, 11) is 2.04. The molecule has 0 heterocycles. The minimum absolute atomic E-state index is 0.213. The van der Waals surface area contributed by atoms with Crippen LogP contribution in [-0.2, 0) is 5.54 Å². The number of nitrogens with one attached hydrogen (secondary N) is 1. The van der Waals surface area contributed by atoms with E-state index in [0.717, 1.165) is 10.6 Å². The zero-order valence-electron chi connectivity index (χ0n) is 11.3. The van der Waals surface area contributed by atoms with Crippen LogP contribution in [0, 0.1) is 6.92 Å². The minimum atomic E-state index is 0.213. The van der Waals surface area contributed by atoms with Gasteiger partial charge in [0.2, 0.25) is 0 Å². The predicted octanol–water partition coefficient (Wildman–Crippen LogP) is 4.52. The fraction of sp³-hybridized carbons (Fsp3) is 0.294. The maximum Gasteiger partial charge on any atom is 0.0441 e. The van der Waals surface area contributed by atoms with Crippen LogP contribution in [0.4, 0.5) is 0 Å². The van der Waals surface area contributed by atoms with Gasteiger partial charge in [-0.1, -0.05) is 41.9 Å². The summed E-state index contributed by atoms with van der Waals surface area (Å²) in [5.41, 5.74) is 5.13. The van der Waals surface area contributed by atoms with Gasteiger partial charge in [-0.2, -0.15) is 0 Å². The summed E-state index contributed by atoms with van der Waals surface area (Å²) in [6.45, 7) is 2.03. The van der Waals surface area contributed by atoms with E-state index < -0.39 is 0 Å². The molecular weight excluding hydrogens is 254 g/mol. The van der Waals surface area contributed by atoms with Crippen molar-refractivity contribution >= 4 is 11.6 Å². The van der Waals surface area contributed by atoms with Gasteiger partial charge < -0.3 is 5.32 Å². The summed E-state index contributed by atoms with van der Waals surface area (Å²) >= 11 is 6.22. The average molecular weight is 272 g/mol. The molecule has 0 saturated heterocycles. The summed E-state index contributed by atoms with van der Waals surface area (Å²) < 4.78 is 0. The lowest BCUT2D eigenvalue weighted by Gasteiger charge is -2.16. The van der Waals surface area contributed by atoms with Gasteiger partial charge in [0.15, 0.2) is 0 Å². The zero-order chi connectivity index (χ0) is 13.5. The van der Waals surface area contributed by atoms with E-state index in [-0.39, 0.29) is 5.54 Å². The second-order valence-electron chi connectivity index (χ2n) is 5.38. The fourth-order valence-electron chi connectivity index (χ4n) is 2.58. The second kappa shape index (κ2) is 4.66. The highest BCUT2D eigenvalue weighted by molar-refractivity contribution is 6.31. The summed E-state index contributed by atoms with van der Waals surface area (Å²) in [6, 6.07) is 15.0. The van der Waals surface area contributed by atoms with Crippen LogP contribution in [0.3, 0.4) is 0 Å². The Morgan fingerprint density at radius 2 is 1.79 bits per heavy atom. The first kappa shape index (κ1) is 12.7. The highest BCUT2D eigenvalue weighted by Gasteiger charge is 2.42. The Labute approximate surface area is 119 Å². The SMILES string of the molecule is CNC1(c2cccc(-c3ccc(C)c(Cl)c3)c2)CC1. The number of benzene rings is 2. The molecule has 19 heavy (non-hydrogen) atoms. The van der Waals surface area contributed by atoms with Crippen molar-refractivity contribution in [1.82, 2.24) is 5.32 Å². The Kier molecular flexibility index (Phi) is 3.12. The molecule has 2 aromatic carbocycles. The van der Waals surface area contributed by atoms with Gasteiger partial charge in [0.05, 0.1) is 0 Å². The lowest BCUT2D eigenvalue weighted by molar-refractivity contribution is 0.586. The molecule has 2 aromatic rings. The minimum Gasteiger partial charge on any atom is -0.310 e. The molecular formula is C17H18ClN. The first-order chi connectivity index (χ1) is 9.14. The number of rotatable bonds is 3. The standard InChI is InChI=1S/C17H18ClN/c1-12-6-7-14(11-16(12)18)13-4-3-5-15(10-13)17(19-2)8-9-17/h3-7,10-11,19H,8-9H2,1-2H3. The normalized spacial score (nSPS) is 16.4. The molecule has 1 saturated carbocycles. The van der Waals surface area contributed by atoms with Crippen LogP contribution in [0.25, 0.3) is 11.1 Å². The van der Waals surface area contributed by atoms with Gasteiger partial charge in [-0.3, -0.25) is 0 Å². The number of halogens is 1. The van der Waals surface area contributed by atoms with E-state index in [4.69, 9.17) is 11.6 Å². The molecule has 0 aliphatic heterocycles. The van der Waals surface area contributed by atoms with E-state index in [9.17, 15) is 0 Å². The third-order valence-corrected chi connectivity index (χ3v) is 4.56. The van der Waals surface area contributed by atoms with Crippen molar-refractivity contribution in [1.29, 1.82) is 0 Å². The Bertz CT molecular complexity index is 614. The van der Waals surface area contributed by atoms with E-state index in [1.54, 1.807) is 0 Å². The molecule has 2 heteroatoms. The van der Waals surface area contributed by atoms with Crippen LogP contribution in [0.15, 0.2) is 42.5 Å². The van der Waals surface area contributed by atoms with Crippen molar-refractivity contribution in [3.8, 4) is 11.1 Å². The van der Waals surface area contributed by atoms with Crippen molar-refractivity contribution in [3.63, 3.8) is 0 Å². The molecule has 0 atom stereocenters. The Balaban J connectivity index is 2.01. The van der Waals surface area contributed by atoms with Crippen LogP contribution in [0.2, 0.25) is 5.02 Å². The van der Waals surface area contributed by atoms with E-state index in [0.29, 0.717) is 0 Å². The van der Waals surface area contributed by atoms with Gasteiger partial charge in [-0.15, -0.1) is 0 Å². The van der Waals surface area contributed by atoms with Crippen molar-refractivity contribution in [2.24, 2.45) is 0 Å². The molecule has 0 bridgehead atoms. The van der Waals surface area contributed by atoms with Gasteiger partial charge in [0.25, 0.3) is 0 Å². The third kappa shape index (κ3) is 2.29. The Morgan fingerprint density at radius 3 is 2.42 bits per heavy atom. The summed E-state index contributed by atoms with van der Waals surface area (Å²) in [5, 5.41) is 4.27. The number of aryl methyl sites for hydroxylation is 1. The molecule has 0 spiro atoms. The highest BCUT2D eigenvalue weighted by Crippen LogP contribution is 2.45. The third-order valence-electron chi connectivity index (χ3n) is 4.15. The van der Waals surface area contributed by atoms with E-state index in [2.05, 4.69) is 47.8 Å². The molecule has 1 aliphatic carbocycles. The topological polar surface area (TPSA) is 12.0 Å². The smallest absolute Gasteiger partial charge is 0.0441 e. The van der Waals surface area contributed by atoms with Crippen molar-refractivity contribution in [2.45, 2.75) is 25.3 Å². The largest absolute Gasteiger partial charge is 0.310 e. The van der Waals surface area contributed by atoms with Crippen molar-refractivity contribution < 1.29 is 0 Å². The quantitative estimate of drug-likeness (QED) is 0.865. The number of hydrogen-bond donors (Lipinski definition) is 1. The van der Waals surface area contributed by atoms with E-state index in [1.165, 1.54) is 29.5 Å². The summed E-state index contributed by atoms with van der Waals surface area (Å²) in [5.74, 6) is 0. The van der Waals surface area contributed by atoms with Crippen LogP contribution in [0.5, 0.6) is 0 Å². The van der Waals surface area contributed by atoms with Gasteiger partial charge in [-0.25, -0.2) is 0 Å². The molecule has 1 nitrogen and oxygen atoms in total. The van der Waals surface area contributed by atoms with Crippen LogP contribution >= 0.6 is 11.6 Å². The summed E-state index contributed by atoms with van der Waals surface area (Å²) in [6.07, 6.45) is 2.45. The maximum atomic E-state index is 6.22. The average Bonchev–Trinajstić information content (AvgIpc) is 3.23. The second-order valence-corrected chi connectivity index (χ2v) is 5.78. The molecule has 0 amide bonds. The highest BCUT2D eigenvalue weighted by atomic mass is 35.5. The first-order valence-corrected chi connectivity index (χ1v) is 7.08. The van der Waals surface area contributed by atoms with Gasteiger partial charge in [-0.05, 0) is 61.2 Å². The lowest BCUT2D eigenvalue weighted by atomic mass is 9.97. The molecule has 3 rings (SSSR count). The Hall–Kier alpha value is -1.31. The fourth-order valence-corrected chi connectivity index (χ4v) is 2.76. The van der Waals surface area contributed by atoms with Gasteiger partial charge >= 0.3 is 0 Å². The first-order valence-electron chi connectivity index (χ1n) is 6.71. The molecule has 1 N–H and O–H groups in total. The molecule has 1 fully saturated rings. The maximum absolute atomic E-state index is 6.22. The summed E-state index contributed by atoms with van der Waals surface area (Å²) in [4.78, 5) is 0. The van der Waals surface area contributed by atoms with Gasteiger partial charge in [0, 0.05) is 10.6 Å². The van der Waals surface area contributed by atoms with E-state index >= 15 is 0 Å².